The zero-order valence-electron chi connectivity index (χ0n) is 12.9. The van der Waals surface area contributed by atoms with E-state index >= 15 is 0 Å². The molecule has 0 radical (unpaired) electrons. The average Bonchev–Trinajstić information content (AvgIpc) is 3.05. The van der Waals surface area contributed by atoms with Crippen LogP contribution in [0.5, 0.6) is 0 Å². The van der Waals surface area contributed by atoms with Gasteiger partial charge in [-0.3, -0.25) is 4.79 Å². The van der Waals surface area contributed by atoms with E-state index in [0.29, 0.717) is 12.3 Å². The number of aliphatic hydroxyl groups is 1. The van der Waals surface area contributed by atoms with Gasteiger partial charge in [0, 0.05) is 11.4 Å². The molecule has 0 bridgehead atoms. The Bertz CT molecular complexity index is 710. The van der Waals surface area contributed by atoms with Gasteiger partial charge in [-0.1, -0.05) is 5.92 Å². The van der Waals surface area contributed by atoms with Gasteiger partial charge >= 0.3 is 0 Å². The molecule has 0 aliphatic heterocycles. The van der Waals surface area contributed by atoms with Gasteiger partial charge in [0.2, 0.25) is 0 Å². The van der Waals surface area contributed by atoms with Crippen molar-refractivity contribution in [1.82, 2.24) is 5.32 Å². The Hall–Kier alpha value is -2.03. The first-order chi connectivity index (χ1) is 10.3. The predicted molar refractivity (Wildman–Crippen MR) is 87.0 cm³/mol. The number of carbonyl (C=O) groups excluding carboxylic acids is 1. The maximum atomic E-state index is 12.0. The van der Waals surface area contributed by atoms with Gasteiger partial charge in [-0.25, -0.2) is 0 Å². The minimum atomic E-state index is -1.09. The van der Waals surface area contributed by atoms with Crippen molar-refractivity contribution in [2.45, 2.75) is 32.8 Å². The number of furan rings is 1. The summed E-state index contributed by atoms with van der Waals surface area (Å²) in [7, 11) is 0. The van der Waals surface area contributed by atoms with Crippen LogP contribution in [0.4, 0.5) is 0 Å². The quantitative estimate of drug-likeness (QED) is 0.852. The number of aryl methyl sites for hydroxylation is 1. The molecule has 2 N–H and O–H groups in total. The Labute approximate surface area is 134 Å². The van der Waals surface area contributed by atoms with E-state index in [9.17, 15) is 9.90 Å². The highest BCUT2D eigenvalue weighted by atomic mass is 32.1. The highest BCUT2D eigenvalue weighted by Crippen LogP contribution is 2.15. The van der Waals surface area contributed by atoms with Gasteiger partial charge in [0.1, 0.15) is 5.60 Å². The van der Waals surface area contributed by atoms with E-state index in [1.54, 1.807) is 37.3 Å². The minimum absolute atomic E-state index is 0.225. The second kappa shape index (κ2) is 6.82. The number of hydrogen-bond acceptors (Lipinski definition) is 4. The Kier molecular flexibility index (Phi) is 5.07. The van der Waals surface area contributed by atoms with Crippen LogP contribution in [0.1, 0.15) is 40.6 Å². The lowest BCUT2D eigenvalue weighted by atomic mass is 10.1. The molecule has 0 saturated heterocycles. The van der Waals surface area contributed by atoms with E-state index in [0.717, 1.165) is 6.42 Å². The molecule has 1 amide bonds. The van der Waals surface area contributed by atoms with Crippen LogP contribution in [0.2, 0.25) is 0 Å². The van der Waals surface area contributed by atoms with Crippen LogP contribution in [0, 0.1) is 18.8 Å². The summed E-state index contributed by atoms with van der Waals surface area (Å²) in [5.41, 5.74) is 0.162. The summed E-state index contributed by atoms with van der Waals surface area (Å²) in [6.07, 6.45) is 0.807. The number of carbonyl (C=O) groups is 1. The third kappa shape index (κ3) is 4.76. The van der Waals surface area contributed by atoms with Gasteiger partial charge in [0.25, 0.3) is 5.91 Å². The average molecular weight is 317 g/mol. The molecule has 5 heteroatoms. The molecule has 2 rings (SSSR count). The van der Waals surface area contributed by atoms with E-state index in [-0.39, 0.29) is 11.7 Å². The van der Waals surface area contributed by atoms with E-state index < -0.39 is 5.60 Å². The number of nitrogens with one attached hydrogen (secondary N) is 1. The van der Waals surface area contributed by atoms with Crippen molar-refractivity contribution in [2.75, 3.05) is 6.54 Å². The molecule has 2 aromatic rings. The third-order valence-corrected chi connectivity index (χ3v) is 4.01. The summed E-state index contributed by atoms with van der Waals surface area (Å²) in [6.45, 7) is 5.80. The molecule has 2 aromatic heterocycles. The van der Waals surface area contributed by atoms with E-state index in [1.165, 1.54) is 10.4 Å². The van der Waals surface area contributed by atoms with Crippen LogP contribution >= 0.6 is 11.3 Å². The molecule has 0 aromatic carbocycles. The van der Waals surface area contributed by atoms with Crippen LogP contribution in [-0.2, 0) is 6.42 Å². The van der Waals surface area contributed by atoms with Crippen molar-refractivity contribution >= 4 is 17.2 Å². The number of hydrogen-bond donors (Lipinski definition) is 2. The number of rotatable bonds is 4. The molecule has 0 aliphatic rings. The molecule has 0 unspecified atom stereocenters. The van der Waals surface area contributed by atoms with Crippen molar-refractivity contribution in [2.24, 2.45) is 0 Å². The number of amides is 1. The normalized spacial score (nSPS) is 10.9. The Balaban J connectivity index is 1.89. The van der Waals surface area contributed by atoms with Crippen molar-refractivity contribution in [3.05, 3.63) is 45.5 Å². The molecule has 0 aliphatic carbocycles. The fourth-order valence-corrected chi connectivity index (χ4v) is 2.69. The summed E-state index contributed by atoms with van der Waals surface area (Å²) in [5.74, 6) is 5.67. The molecular formula is C17H19NO3S. The van der Waals surface area contributed by atoms with Gasteiger partial charge < -0.3 is 14.8 Å². The fraction of sp³-hybridized carbons (Fsp3) is 0.353. The van der Waals surface area contributed by atoms with Gasteiger partial charge in [-0.15, -0.1) is 11.3 Å². The molecule has 0 fully saturated rings. The predicted octanol–water partition coefficient (Wildman–Crippen LogP) is 2.74. The summed E-state index contributed by atoms with van der Waals surface area (Å²) < 4.78 is 5.36. The molecular weight excluding hydrogens is 298 g/mol. The summed E-state index contributed by atoms with van der Waals surface area (Å²) in [4.78, 5) is 13.2. The highest BCUT2D eigenvalue weighted by Gasteiger charge is 2.11. The van der Waals surface area contributed by atoms with E-state index in [1.807, 2.05) is 5.38 Å². The summed E-state index contributed by atoms with van der Waals surface area (Å²) in [5, 5.41) is 14.4. The topological polar surface area (TPSA) is 62.5 Å². The first kappa shape index (κ1) is 16.3. The molecule has 22 heavy (non-hydrogen) atoms. The Morgan fingerprint density at radius 3 is 2.82 bits per heavy atom. The first-order valence-electron chi connectivity index (χ1n) is 7.02. The minimum Gasteiger partial charge on any atom is -0.443 e. The maximum Gasteiger partial charge on any atom is 0.287 e. The second-order valence-corrected chi connectivity index (χ2v) is 6.51. The van der Waals surface area contributed by atoms with Crippen LogP contribution in [0.3, 0.4) is 0 Å². The van der Waals surface area contributed by atoms with Crippen molar-refractivity contribution in [3.8, 4) is 11.8 Å². The van der Waals surface area contributed by atoms with Gasteiger partial charge in [-0.2, -0.15) is 0 Å². The van der Waals surface area contributed by atoms with E-state index in [4.69, 9.17) is 4.42 Å². The van der Waals surface area contributed by atoms with Crippen molar-refractivity contribution in [1.29, 1.82) is 0 Å². The Morgan fingerprint density at radius 2 is 2.18 bits per heavy atom. The molecule has 0 spiro atoms. The lowest BCUT2D eigenvalue weighted by Gasteiger charge is -2.05. The molecule has 4 nitrogen and oxygen atoms in total. The lowest BCUT2D eigenvalue weighted by molar-refractivity contribution is 0.0926. The highest BCUT2D eigenvalue weighted by molar-refractivity contribution is 7.10. The maximum absolute atomic E-state index is 12.0. The fourth-order valence-electron chi connectivity index (χ4n) is 1.78. The Morgan fingerprint density at radius 1 is 1.41 bits per heavy atom. The first-order valence-corrected chi connectivity index (χ1v) is 7.90. The SMILES string of the molecule is Cc1ccsc1CCNC(=O)c1ccc(C#CC(C)(C)O)o1. The van der Waals surface area contributed by atoms with E-state index in [2.05, 4.69) is 30.1 Å². The largest absolute Gasteiger partial charge is 0.443 e. The zero-order valence-corrected chi connectivity index (χ0v) is 13.7. The standard InChI is InChI=1S/C17H19NO3S/c1-12-8-11-22-15(12)7-10-18-16(19)14-5-4-13(21-14)6-9-17(2,3)20/h4-5,8,11,20H,7,10H2,1-3H3,(H,18,19). The zero-order chi connectivity index (χ0) is 16.2. The van der Waals surface area contributed by atoms with Crippen molar-refractivity contribution in [3.63, 3.8) is 0 Å². The smallest absolute Gasteiger partial charge is 0.287 e. The van der Waals surface area contributed by atoms with Crippen LogP contribution < -0.4 is 5.32 Å². The molecule has 116 valence electrons. The molecule has 2 heterocycles. The molecule has 0 atom stereocenters. The van der Waals surface area contributed by atoms with Crippen LogP contribution in [-0.4, -0.2) is 23.2 Å². The number of thiophene rings is 1. The lowest BCUT2D eigenvalue weighted by Crippen LogP contribution is -2.25. The summed E-state index contributed by atoms with van der Waals surface area (Å²) >= 11 is 1.69. The second-order valence-electron chi connectivity index (χ2n) is 5.51. The van der Waals surface area contributed by atoms with Crippen LogP contribution in [0.15, 0.2) is 28.0 Å². The van der Waals surface area contributed by atoms with Crippen molar-refractivity contribution < 1.29 is 14.3 Å². The van der Waals surface area contributed by atoms with Gasteiger partial charge in [-0.05, 0) is 62.3 Å². The van der Waals surface area contributed by atoms with Crippen LogP contribution in [0.25, 0.3) is 0 Å². The molecule has 0 saturated carbocycles. The van der Waals surface area contributed by atoms with Gasteiger partial charge in [0.05, 0.1) is 0 Å². The third-order valence-electron chi connectivity index (χ3n) is 2.93. The monoisotopic (exact) mass is 317 g/mol. The summed E-state index contributed by atoms with van der Waals surface area (Å²) in [6, 6.07) is 5.28. The van der Waals surface area contributed by atoms with Gasteiger partial charge in [0.15, 0.2) is 11.5 Å².